The van der Waals surface area contributed by atoms with Crippen LogP contribution in [0, 0.1) is 6.92 Å². The van der Waals surface area contributed by atoms with Crippen LogP contribution >= 0.6 is 0 Å². The number of aromatic nitrogens is 1. The minimum absolute atomic E-state index is 0.201. The van der Waals surface area contributed by atoms with Crippen molar-refractivity contribution in [3.63, 3.8) is 0 Å². The Morgan fingerprint density at radius 2 is 1.90 bits per heavy atom. The summed E-state index contributed by atoms with van der Waals surface area (Å²) >= 11 is 0. The van der Waals surface area contributed by atoms with Crippen molar-refractivity contribution in [1.29, 1.82) is 0 Å². The molecule has 1 aromatic heterocycles. The van der Waals surface area contributed by atoms with Gasteiger partial charge in [0.25, 0.3) is 0 Å². The topological polar surface area (TPSA) is 84.2 Å². The predicted molar refractivity (Wildman–Crippen MR) is 76.0 cm³/mol. The molecule has 0 fully saturated rings. The van der Waals surface area contributed by atoms with Crippen LogP contribution in [0.2, 0.25) is 0 Å². The van der Waals surface area contributed by atoms with Gasteiger partial charge in [-0.1, -0.05) is 0 Å². The number of nitrogens with one attached hydrogen (secondary N) is 2. The number of rotatable bonds is 5. The average molecular weight is 295 g/mol. The summed E-state index contributed by atoms with van der Waals surface area (Å²) in [6.45, 7) is 3.44. The molecule has 0 bridgehead atoms. The second kappa shape index (κ2) is 5.64. The van der Waals surface area contributed by atoms with Gasteiger partial charge in [0, 0.05) is 12.7 Å². The van der Waals surface area contributed by atoms with Gasteiger partial charge in [-0.3, -0.25) is 0 Å². The molecule has 1 heterocycles. The SMILES string of the molecule is CNc1ccc(S(=O)(=O)NC(C)c2ncc(C)o2)cc1. The molecular weight excluding hydrogens is 278 g/mol. The van der Waals surface area contributed by atoms with Crippen molar-refractivity contribution >= 4 is 15.7 Å². The van der Waals surface area contributed by atoms with E-state index >= 15 is 0 Å². The maximum Gasteiger partial charge on any atom is 0.241 e. The highest BCUT2D eigenvalue weighted by atomic mass is 32.2. The van der Waals surface area contributed by atoms with E-state index in [1.54, 1.807) is 51.4 Å². The van der Waals surface area contributed by atoms with Crippen molar-refractivity contribution in [3.8, 4) is 0 Å². The normalized spacial score (nSPS) is 13.2. The Morgan fingerprint density at radius 1 is 1.25 bits per heavy atom. The van der Waals surface area contributed by atoms with E-state index in [0.717, 1.165) is 5.69 Å². The number of benzene rings is 1. The van der Waals surface area contributed by atoms with E-state index in [-0.39, 0.29) is 4.90 Å². The largest absolute Gasteiger partial charge is 0.444 e. The van der Waals surface area contributed by atoms with E-state index in [4.69, 9.17) is 4.42 Å². The molecule has 7 heteroatoms. The van der Waals surface area contributed by atoms with Crippen molar-refractivity contribution in [2.75, 3.05) is 12.4 Å². The number of anilines is 1. The molecule has 0 aliphatic carbocycles. The van der Waals surface area contributed by atoms with Gasteiger partial charge >= 0.3 is 0 Å². The number of hydrogen-bond donors (Lipinski definition) is 2. The van der Waals surface area contributed by atoms with Crippen LogP contribution in [0.4, 0.5) is 5.69 Å². The Kier molecular flexibility index (Phi) is 4.10. The van der Waals surface area contributed by atoms with Crippen LogP contribution in [0.1, 0.15) is 24.6 Å². The number of aryl methyl sites for hydroxylation is 1. The molecule has 0 amide bonds. The second-order valence-electron chi connectivity index (χ2n) is 4.43. The van der Waals surface area contributed by atoms with Crippen LogP contribution in [0.15, 0.2) is 39.8 Å². The van der Waals surface area contributed by atoms with Gasteiger partial charge in [-0.05, 0) is 38.1 Å². The van der Waals surface area contributed by atoms with Crippen LogP contribution in [0.5, 0.6) is 0 Å². The van der Waals surface area contributed by atoms with Crippen LogP contribution < -0.4 is 10.0 Å². The Morgan fingerprint density at radius 3 is 2.40 bits per heavy atom. The maximum atomic E-state index is 12.2. The summed E-state index contributed by atoms with van der Waals surface area (Å²) in [5, 5.41) is 2.93. The number of nitrogens with zero attached hydrogens (tertiary/aromatic N) is 1. The Bertz CT molecular complexity index is 677. The summed E-state index contributed by atoms with van der Waals surface area (Å²) < 4.78 is 32.3. The maximum absolute atomic E-state index is 12.2. The van der Waals surface area contributed by atoms with Crippen LogP contribution in [0.25, 0.3) is 0 Å². The summed E-state index contributed by atoms with van der Waals surface area (Å²) in [6, 6.07) is 5.96. The smallest absolute Gasteiger partial charge is 0.241 e. The van der Waals surface area contributed by atoms with Crippen molar-refractivity contribution in [2.24, 2.45) is 0 Å². The van der Waals surface area contributed by atoms with E-state index < -0.39 is 16.1 Å². The molecule has 20 heavy (non-hydrogen) atoms. The Hall–Kier alpha value is -1.86. The van der Waals surface area contributed by atoms with Crippen molar-refractivity contribution in [1.82, 2.24) is 9.71 Å². The lowest BCUT2D eigenvalue weighted by Crippen LogP contribution is -2.27. The van der Waals surface area contributed by atoms with Gasteiger partial charge in [0.2, 0.25) is 15.9 Å². The molecule has 0 saturated heterocycles. The van der Waals surface area contributed by atoms with E-state index in [1.807, 2.05) is 0 Å². The second-order valence-corrected chi connectivity index (χ2v) is 6.14. The molecular formula is C13H17N3O3S. The fourth-order valence-electron chi connectivity index (χ4n) is 1.72. The van der Waals surface area contributed by atoms with Crippen LogP contribution in [-0.4, -0.2) is 20.4 Å². The standard InChI is InChI=1S/C13H17N3O3S/c1-9-8-15-13(19-9)10(2)16-20(17,18)12-6-4-11(14-3)5-7-12/h4-8,10,14,16H,1-3H3. The molecule has 0 aliphatic rings. The molecule has 0 radical (unpaired) electrons. The third-order valence-electron chi connectivity index (χ3n) is 2.79. The molecule has 6 nitrogen and oxygen atoms in total. The minimum Gasteiger partial charge on any atom is -0.444 e. The van der Waals surface area contributed by atoms with Gasteiger partial charge in [-0.2, -0.15) is 4.72 Å². The van der Waals surface area contributed by atoms with Gasteiger partial charge in [-0.15, -0.1) is 0 Å². The molecule has 0 aliphatic heterocycles. The lowest BCUT2D eigenvalue weighted by Gasteiger charge is -2.11. The van der Waals surface area contributed by atoms with Crippen LogP contribution in [0.3, 0.4) is 0 Å². The zero-order valence-corrected chi connectivity index (χ0v) is 12.4. The average Bonchev–Trinajstić information content (AvgIpc) is 2.85. The highest BCUT2D eigenvalue weighted by molar-refractivity contribution is 7.89. The van der Waals surface area contributed by atoms with E-state index in [9.17, 15) is 8.42 Å². The summed E-state index contributed by atoms with van der Waals surface area (Å²) in [5.41, 5.74) is 0.848. The summed E-state index contributed by atoms with van der Waals surface area (Å²) in [5.74, 6) is 0.988. The quantitative estimate of drug-likeness (QED) is 0.882. The highest BCUT2D eigenvalue weighted by Gasteiger charge is 2.21. The van der Waals surface area contributed by atoms with E-state index in [0.29, 0.717) is 11.7 Å². The Balaban J connectivity index is 2.17. The molecule has 2 N–H and O–H groups in total. The van der Waals surface area contributed by atoms with Gasteiger partial charge in [0.15, 0.2) is 0 Å². The van der Waals surface area contributed by atoms with Crippen molar-refractivity contribution in [3.05, 3.63) is 42.1 Å². The first-order valence-electron chi connectivity index (χ1n) is 6.15. The monoisotopic (exact) mass is 295 g/mol. The third kappa shape index (κ3) is 3.17. The molecule has 1 atom stereocenters. The molecule has 1 aromatic carbocycles. The first kappa shape index (κ1) is 14.5. The number of oxazole rings is 1. The zero-order chi connectivity index (χ0) is 14.8. The molecule has 2 rings (SSSR count). The van der Waals surface area contributed by atoms with Gasteiger partial charge in [0.05, 0.1) is 17.1 Å². The summed E-state index contributed by atoms with van der Waals surface area (Å²) in [7, 11) is -1.83. The lowest BCUT2D eigenvalue weighted by molar-refractivity contribution is 0.428. The van der Waals surface area contributed by atoms with Gasteiger partial charge in [-0.25, -0.2) is 13.4 Å². The van der Waals surface area contributed by atoms with Crippen LogP contribution in [-0.2, 0) is 10.0 Å². The molecule has 1 unspecified atom stereocenters. The zero-order valence-electron chi connectivity index (χ0n) is 11.5. The lowest BCUT2D eigenvalue weighted by atomic mass is 10.3. The van der Waals surface area contributed by atoms with E-state index in [1.165, 1.54) is 0 Å². The first-order valence-corrected chi connectivity index (χ1v) is 7.63. The molecule has 108 valence electrons. The summed E-state index contributed by atoms with van der Waals surface area (Å²) in [6.07, 6.45) is 1.56. The molecule has 0 saturated carbocycles. The van der Waals surface area contributed by atoms with Crippen molar-refractivity contribution < 1.29 is 12.8 Å². The van der Waals surface area contributed by atoms with Gasteiger partial charge < -0.3 is 9.73 Å². The fraction of sp³-hybridized carbons (Fsp3) is 0.308. The Labute approximate surface area is 118 Å². The van der Waals surface area contributed by atoms with Crippen molar-refractivity contribution in [2.45, 2.75) is 24.8 Å². The predicted octanol–water partition coefficient (Wildman–Crippen LogP) is 2.06. The summed E-state index contributed by atoms with van der Waals surface area (Å²) in [4.78, 5) is 4.22. The molecule has 0 spiro atoms. The number of hydrogen-bond acceptors (Lipinski definition) is 5. The van der Waals surface area contributed by atoms with Gasteiger partial charge in [0.1, 0.15) is 5.76 Å². The highest BCUT2D eigenvalue weighted by Crippen LogP contribution is 2.18. The first-order chi connectivity index (χ1) is 9.42. The molecule has 2 aromatic rings. The third-order valence-corrected chi connectivity index (χ3v) is 4.35. The number of sulfonamides is 1. The minimum atomic E-state index is -3.60. The van der Waals surface area contributed by atoms with E-state index in [2.05, 4.69) is 15.0 Å². The fourth-order valence-corrected chi connectivity index (χ4v) is 2.92.